The third kappa shape index (κ3) is 3.84. The second-order valence-electron chi connectivity index (χ2n) is 4.81. The number of hydrogen-bond donors (Lipinski definition) is 2. The van der Waals surface area contributed by atoms with E-state index in [1.54, 1.807) is 6.20 Å². The van der Waals surface area contributed by atoms with Gasteiger partial charge in [0.25, 0.3) is 0 Å². The summed E-state index contributed by atoms with van der Waals surface area (Å²) >= 11 is 0. The van der Waals surface area contributed by atoms with E-state index in [1.165, 1.54) is 19.3 Å². The number of pyridine rings is 1. The molecule has 20 heavy (non-hydrogen) atoms. The van der Waals surface area contributed by atoms with Gasteiger partial charge >= 0.3 is 0 Å². The van der Waals surface area contributed by atoms with Gasteiger partial charge in [0.1, 0.15) is 12.4 Å². The number of hydrogen-bond acceptors (Lipinski definition) is 5. The van der Waals surface area contributed by atoms with Crippen LogP contribution in [0.25, 0.3) is 0 Å². The van der Waals surface area contributed by atoms with Crippen LogP contribution >= 0.6 is 0 Å². The molecule has 3 N–H and O–H groups in total. The van der Waals surface area contributed by atoms with Gasteiger partial charge in [-0.05, 0) is 31.4 Å². The van der Waals surface area contributed by atoms with E-state index in [0.29, 0.717) is 18.9 Å². The van der Waals surface area contributed by atoms with Crippen LogP contribution < -0.4 is 10.6 Å². The molecule has 0 aromatic carbocycles. The average molecular weight is 278 g/mol. The van der Waals surface area contributed by atoms with E-state index in [1.807, 2.05) is 12.1 Å². The van der Waals surface area contributed by atoms with Gasteiger partial charge in [-0.25, -0.2) is 4.98 Å². The molecule has 0 atom stereocenters. The normalized spacial score (nSPS) is 16.2. The lowest BCUT2D eigenvalue weighted by Gasteiger charge is -2.29. The Labute approximate surface area is 119 Å². The van der Waals surface area contributed by atoms with Crippen molar-refractivity contribution in [3.63, 3.8) is 0 Å². The van der Waals surface area contributed by atoms with Crippen molar-refractivity contribution in [1.29, 1.82) is 0 Å². The molecule has 1 aromatic rings. The molecule has 6 nitrogen and oxygen atoms in total. The molecule has 0 unspecified atom stereocenters. The smallest absolute Gasteiger partial charge is 0.174 e. The molecular weight excluding hydrogens is 256 g/mol. The maximum absolute atomic E-state index is 8.69. The van der Waals surface area contributed by atoms with Gasteiger partial charge in [-0.15, -0.1) is 0 Å². The molecule has 110 valence electrons. The number of piperidine rings is 1. The maximum Gasteiger partial charge on any atom is 0.174 e. The van der Waals surface area contributed by atoms with Crippen LogP contribution in [0, 0.1) is 0 Å². The summed E-state index contributed by atoms with van der Waals surface area (Å²) in [5, 5.41) is 12.6. The molecule has 2 heterocycles. The zero-order valence-corrected chi connectivity index (χ0v) is 11.7. The number of aromatic nitrogens is 1. The number of aliphatic hydroxyl groups excluding tert-OH is 1. The molecular formula is C14H22N4O2. The average Bonchev–Trinajstić information content (AvgIpc) is 2.52. The fraction of sp³-hybridized carbons (Fsp3) is 0.571. The molecule has 2 rings (SSSR count). The Bertz CT molecular complexity index is 445. The monoisotopic (exact) mass is 278 g/mol. The molecule has 6 heteroatoms. The lowest BCUT2D eigenvalue weighted by molar-refractivity contribution is 0.124. The summed E-state index contributed by atoms with van der Waals surface area (Å²) in [5.74, 6) is 1.20. The lowest BCUT2D eigenvalue weighted by atomic mass is 10.1. The van der Waals surface area contributed by atoms with E-state index >= 15 is 0 Å². The van der Waals surface area contributed by atoms with Crippen LogP contribution in [0.4, 0.5) is 5.82 Å². The molecule has 1 aliphatic rings. The van der Waals surface area contributed by atoms with E-state index in [2.05, 4.69) is 15.0 Å². The van der Waals surface area contributed by atoms with Crippen LogP contribution in [0.2, 0.25) is 0 Å². The van der Waals surface area contributed by atoms with Crippen LogP contribution in [0.3, 0.4) is 0 Å². The number of oxime groups is 1. The first-order valence-electron chi connectivity index (χ1n) is 7.09. The van der Waals surface area contributed by atoms with E-state index < -0.39 is 0 Å². The number of nitrogens with zero attached hydrogens (tertiary/aromatic N) is 3. The highest BCUT2D eigenvalue weighted by molar-refractivity contribution is 6.01. The van der Waals surface area contributed by atoms with Crippen molar-refractivity contribution in [3.8, 4) is 0 Å². The summed E-state index contributed by atoms with van der Waals surface area (Å²) in [6, 6.07) is 3.75. The van der Waals surface area contributed by atoms with Crippen molar-refractivity contribution in [2.75, 3.05) is 31.2 Å². The van der Waals surface area contributed by atoms with Crippen molar-refractivity contribution in [3.05, 3.63) is 23.9 Å². The Kier molecular flexibility index (Phi) is 5.61. The highest BCUT2D eigenvalue weighted by Gasteiger charge is 2.17. The summed E-state index contributed by atoms with van der Waals surface area (Å²) in [6.45, 7) is 2.45. The Balaban J connectivity index is 2.10. The zero-order valence-electron chi connectivity index (χ0n) is 11.7. The van der Waals surface area contributed by atoms with Gasteiger partial charge in [0.05, 0.1) is 5.56 Å². The zero-order chi connectivity index (χ0) is 14.2. The standard InChI is InChI=1S/C14H22N4O2/c15-13(17-20-11-5-10-19)12-6-4-7-16-14(12)18-8-2-1-3-9-18/h4,6-7,19H,1-3,5,8-11H2,(H2,15,17). The van der Waals surface area contributed by atoms with Crippen molar-refractivity contribution in [1.82, 2.24) is 4.98 Å². The molecule has 1 fully saturated rings. The largest absolute Gasteiger partial charge is 0.396 e. The summed E-state index contributed by atoms with van der Waals surface area (Å²) < 4.78 is 0. The first-order valence-corrected chi connectivity index (χ1v) is 7.09. The SMILES string of the molecule is N/C(=N/OCCCO)c1cccnc1N1CCCCC1. The summed E-state index contributed by atoms with van der Waals surface area (Å²) in [7, 11) is 0. The van der Waals surface area contributed by atoms with Crippen molar-refractivity contribution < 1.29 is 9.94 Å². The highest BCUT2D eigenvalue weighted by Crippen LogP contribution is 2.21. The van der Waals surface area contributed by atoms with Crippen molar-refractivity contribution >= 4 is 11.7 Å². The molecule has 0 spiro atoms. The molecule has 1 saturated heterocycles. The molecule has 0 saturated carbocycles. The second-order valence-corrected chi connectivity index (χ2v) is 4.81. The van der Waals surface area contributed by atoms with E-state index in [-0.39, 0.29) is 6.61 Å². The quantitative estimate of drug-likeness (QED) is 0.352. The molecule has 0 amide bonds. The predicted molar refractivity (Wildman–Crippen MR) is 78.7 cm³/mol. The van der Waals surface area contributed by atoms with E-state index in [4.69, 9.17) is 15.7 Å². The van der Waals surface area contributed by atoms with Gasteiger partial charge in [-0.2, -0.15) is 0 Å². The topological polar surface area (TPSA) is 84.0 Å². The third-order valence-electron chi connectivity index (χ3n) is 3.27. The van der Waals surface area contributed by atoms with Gasteiger partial charge in [0.15, 0.2) is 5.84 Å². The molecule has 1 aliphatic heterocycles. The minimum atomic E-state index is 0.0847. The fourth-order valence-corrected chi connectivity index (χ4v) is 2.25. The number of nitrogens with two attached hydrogens (primary N) is 1. The Hall–Kier alpha value is -1.82. The van der Waals surface area contributed by atoms with Crippen molar-refractivity contribution in [2.45, 2.75) is 25.7 Å². The van der Waals surface area contributed by atoms with Gasteiger partial charge in [-0.3, -0.25) is 0 Å². The number of aliphatic hydroxyl groups is 1. The highest BCUT2D eigenvalue weighted by atomic mass is 16.6. The van der Waals surface area contributed by atoms with Crippen LogP contribution in [0.15, 0.2) is 23.5 Å². The minimum Gasteiger partial charge on any atom is -0.396 e. The first-order chi connectivity index (χ1) is 9.83. The Morgan fingerprint density at radius 2 is 2.20 bits per heavy atom. The van der Waals surface area contributed by atoms with Crippen molar-refractivity contribution in [2.24, 2.45) is 10.9 Å². The van der Waals surface area contributed by atoms with Gasteiger partial charge in [0.2, 0.25) is 0 Å². The summed E-state index contributed by atoms with van der Waals surface area (Å²) in [4.78, 5) is 11.8. The Morgan fingerprint density at radius 1 is 1.40 bits per heavy atom. The first kappa shape index (κ1) is 14.6. The lowest BCUT2D eigenvalue weighted by Crippen LogP contribution is -2.32. The van der Waals surface area contributed by atoms with Crippen LogP contribution in [0.5, 0.6) is 0 Å². The number of rotatable bonds is 6. The van der Waals surface area contributed by atoms with Gasteiger partial charge in [-0.1, -0.05) is 5.16 Å². The second kappa shape index (κ2) is 7.69. The van der Waals surface area contributed by atoms with Gasteiger partial charge in [0, 0.05) is 32.3 Å². The van der Waals surface area contributed by atoms with Crippen LogP contribution in [-0.2, 0) is 4.84 Å². The Morgan fingerprint density at radius 3 is 2.95 bits per heavy atom. The summed E-state index contributed by atoms with van der Waals surface area (Å²) in [6.07, 6.45) is 5.95. The number of anilines is 1. The van der Waals surface area contributed by atoms with Gasteiger partial charge < -0.3 is 20.6 Å². The maximum atomic E-state index is 8.69. The number of amidine groups is 1. The van der Waals surface area contributed by atoms with E-state index in [0.717, 1.165) is 24.5 Å². The molecule has 0 radical (unpaired) electrons. The summed E-state index contributed by atoms with van der Waals surface area (Å²) in [5.41, 5.74) is 6.78. The van der Waals surface area contributed by atoms with Crippen LogP contribution in [0.1, 0.15) is 31.2 Å². The third-order valence-corrected chi connectivity index (χ3v) is 3.27. The van der Waals surface area contributed by atoms with Crippen LogP contribution in [-0.4, -0.2) is 42.2 Å². The predicted octanol–water partition coefficient (Wildman–Crippen LogP) is 1.09. The minimum absolute atomic E-state index is 0.0847. The fourth-order valence-electron chi connectivity index (χ4n) is 2.25. The molecule has 0 bridgehead atoms. The van der Waals surface area contributed by atoms with E-state index in [9.17, 15) is 0 Å². The molecule has 1 aromatic heterocycles. The molecule has 0 aliphatic carbocycles.